The number of hydrogen-bond donors (Lipinski definition) is 0. The van der Waals surface area contributed by atoms with Crippen LogP contribution in [0.15, 0.2) is 0 Å². The molecular formula is C68H132O6. The van der Waals surface area contributed by atoms with E-state index in [0.29, 0.717) is 19.3 Å². The van der Waals surface area contributed by atoms with Gasteiger partial charge in [-0.25, -0.2) is 0 Å². The normalized spacial score (nSPS) is 11.9. The summed E-state index contributed by atoms with van der Waals surface area (Å²) in [5, 5.41) is 0. The van der Waals surface area contributed by atoms with Crippen molar-refractivity contribution in [2.45, 2.75) is 406 Å². The molecule has 0 aromatic carbocycles. The van der Waals surface area contributed by atoms with Crippen LogP contribution in [0.5, 0.6) is 0 Å². The van der Waals surface area contributed by atoms with Gasteiger partial charge in [0.25, 0.3) is 0 Å². The van der Waals surface area contributed by atoms with Gasteiger partial charge in [0.1, 0.15) is 13.2 Å². The molecule has 0 aliphatic carbocycles. The lowest BCUT2D eigenvalue weighted by molar-refractivity contribution is -0.167. The third kappa shape index (κ3) is 61.3. The summed E-state index contributed by atoms with van der Waals surface area (Å²) in [5.41, 5.74) is 0. The summed E-state index contributed by atoms with van der Waals surface area (Å²) in [6, 6.07) is 0. The van der Waals surface area contributed by atoms with Crippen molar-refractivity contribution in [3.05, 3.63) is 0 Å². The third-order valence-electron chi connectivity index (χ3n) is 15.9. The van der Waals surface area contributed by atoms with E-state index in [9.17, 15) is 14.4 Å². The van der Waals surface area contributed by atoms with Gasteiger partial charge in [0, 0.05) is 19.3 Å². The van der Waals surface area contributed by atoms with E-state index in [4.69, 9.17) is 14.2 Å². The molecule has 0 amide bonds. The Balaban J connectivity index is 4.03. The van der Waals surface area contributed by atoms with Gasteiger partial charge in [-0.05, 0) is 19.3 Å². The SMILES string of the molecule is CCCCCCCCCCCCCCCCCCCCCCCCCCCCCCC(=O)OCC(COC(=O)CCCCCCCCCC)OC(=O)CCCCCCCCCCCCCCCCCCCCCC. The summed E-state index contributed by atoms with van der Waals surface area (Å²) in [6.45, 7) is 6.70. The van der Waals surface area contributed by atoms with Crippen LogP contribution >= 0.6 is 0 Å². The Morgan fingerprint density at radius 2 is 0.365 bits per heavy atom. The standard InChI is InChI=1S/C68H132O6/c1-4-7-10-13-16-19-21-23-25-27-29-31-32-33-34-35-36-37-38-40-41-43-45-47-49-52-55-58-61-67(70)73-64-65(63-72-66(69)60-57-54-51-18-15-12-9-6-3)74-68(71)62-59-56-53-50-48-46-44-42-39-30-28-26-24-22-20-17-14-11-8-5-2/h65H,4-64H2,1-3H3. The van der Waals surface area contributed by atoms with Crippen molar-refractivity contribution in [2.24, 2.45) is 0 Å². The van der Waals surface area contributed by atoms with Gasteiger partial charge in [-0.3, -0.25) is 14.4 Å². The minimum atomic E-state index is -0.761. The molecule has 74 heavy (non-hydrogen) atoms. The fourth-order valence-corrected chi connectivity index (χ4v) is 10.7. The largest absolute Gasteiger partial charge is 0.462 e. The highest BCUT2D eigenvalue weighted by Gasteiger charge is 2.19. The zero-order chi connectivity index (χ0) is 53.6. The molecule has 0 bridgehead atoms. The maximum Gasteiger partial charge on any atom is 0.306 e. The average molecular weight is 1050 g/mol. The van der Waals surface area contributed by atoms with Gasteiger partial charge in [0.2, 0.25) is 0 Å². The van der Waals surface area contributed by atoms with Crippen molar-refractivity contribution in [1.82, 2.24) is 0 Å². The molecule has 1 unspecified atom stereocenters. The maximum atomic E-state index is 12.9. The molecule has 440 valence electrons. The topological polar surface area (TPSA) is 78.9 Å². The Morgan fingerprint density at radius 1 is 0.216 bits per heavy atom. The monoisotopic (exact) mass is 1050 g/mol. The molecule has 0 aromatic heterocycles. The van der Waals surface area contributed by atoms with Crippen molar-refractivity contribution >= 4 is 17.9 Å². The van der Waals surface area contributed by atoms with Crippen LogP contribution < -0.4 is 0 Å². The van der Waals surface area contributed by atoms with Gasteiger partial charge in [-0.15, -0.1) is 0 Å². The first-order valence-electron chi connectivity index (χ1n) is 34.0. The van der Waals surface area contributed by atoms with Gasteiger partial charge in [0.15, 0.2) is 6.10 Å². The van der Waals surface area contributed by atoms with Crippen LogP contribution in [0.2, 0.25) is 0 Å². The highest BCUT2D eigenvalue weighted by molar-refractivity contribution is 5.71. The van der Waals surface area contributed by atoms with Crippen molar-refractivity contribution in [3.63, 3.8) is 0 Å². The van der Waals surface area contributed by atoms with Crippen molar-refractivity contribution in [1.29, 1.82) is 0 Å². The predicted molar refractivity (Wildman–Crippen MR) is 321 cm³/mol. The van der Waals surface area contributed by atoms with E-state index in [1.54, 1.807) is 0 Å². The Morgan fingerprint density at radius 3 is 0.541 bits per heavy atom. The average Bonchev–Trinajstić information content (AvgIpc) is 3.40. The van der Waals surface area contributed by atoms with Gasteiger partial charge in [-0.1, -0.05) is 361 Å². The van der Waals surface area contributed by atoms with Crippen LogP contribution in [0.3, 0.4) is 0 Å². The summed E-state index contributed by atoms with van der Waals surface area (Å²) in [6.07, 6.45) is 74.4. The lowest BCUT2D eigenvalue weighted by Crippen LogP contribution is -2.30. The van der Waals surface area contributed by atoms with E-state index in [2.05, 4.69) is 20.8 Å². The second kappa shape index (κ2) is 63.9. The summed E-state index contributed by atoms with van der Waals surface area (Å²) in [4.78, 5) is 38.2. The quantitative estimate of drug-likeness (QED) is 0.0343. The number of esters is 3. The number of ether oxygens (including phenoxy) is 3. The van der Waals surface area contributed by atoms with Crippen LogP contribution in [0.1, 0.15) is 400 Å². The van der Waals surface area contributed by atoms with E-state index >= 15 is 0 Å². The zero-order valence-corrected chi connectivity index (χ0v) is 50.7. The number of rotatable bonds is 64. The Bertz CT molecular complexity index is 1110. The second-order valence-corrected chi connectivity index (χ2v) is 23.5. The molecule has 0 aliphatic rings. The Kier molecular flexibility index (Phi) is 62.6. The van der Waals surface area contributed by atoms with E-state index in [1.165, 1.54) is 302 Å². The number of unbranched alkanes of at least 4 members (excludes halogenated alkanes) is 53. The fraction of sp³-hybridized carbons (Fsp3) is 0.956. The summed E-state index contributed by atoms with van der Waals surface area (Å²) < 4.78 is 16.9. The molecule has 6 heteroatoms. The molecular weight excluding hydrogens is 913 g/mol. The van der Waals surface area contributed by atoms with E-state index in [1.807, 2.05) is 0 Å². The Labute approximate surface area is 463 Å². The number of carbonyl (C=O) groups excluding carboxylic acids is 3. The van der Waals surface area contributed by atoms with Crippen molar-refractivity contribution < 1.29 is 28.6 Å². The first kappa shape index (κ1) is 72.4. The van der Waals surface area contributed by atoms with E-state index in [-0.39, 0.29) is 31.1 Å². The lowest BCUT2D eigenvalue weighted by atomic mass is 10.0. The number of hydrogen-bond acceptors (Lipinski definition) is 6. The van der Waals surface area contributed by atoms with E-state index in [0.717, 1.165) is 57.8 Å². The molecule has 0 spiro atoms. The molecule has 0 aromatic rings. The van der Waals surface area contributed by atoms with Crippen LogP contribution in [-0.2, 0) is 28.6 Å². The predicted octanol–water partition coefficient (Wildman–Crippen LogP) is 23.1. The Hall–Kier alpha value is -1.59. The first-order chi connectivity index (χ1) is 36.5. The smallest absolute Gasteiger partial charge is 0.306 e. The van der Waals surface area contributed by atoms with Crippen molar-refractivity contribution in [2.75, 3.05) is 13.2 Å². The summed E-state index contributed by atoms with van der Waals surface area (Å²) >= 11 is 0. The van der Waals surface area contributed by atoms with E-state index < -0.39 is 6.10 Å². The second-order valence-electron chi connectivity index (χ2n) is 23.5. The van der Waals surface area contributed by atoms with Gasteiger partial charge >= 0.3 is 17.9 Å². The van der Waals surface area contributed by atoms with Crippen LogP contribution in [0.25, 0.3) is 0 Å². The number of carbonyl (C=O) groups is 3. The van der Waals surface area contributed by atoms with Crippen LogP contribution in [0.4, 0.5) is 0 Å². The van der Waals surface area contributed by atoms with Crippen LogP contribution in [0, 0.1) is 0 Å². The highest BCUT2D eigenvalue weighted by atomic mass is 16.6. The highest BCUT2D eigenvalue weighted by Crippen LogP contribution is 2.19. The maximum absolute atomic E-state index is 12.9. The lowest BCUT2D eigenvalue weighted by Gasteiger charge is -2.18. The molecule has 6 nitrogen and oxygen atoms in total. The molecule has 1 atom stereocenters. The minimum absolute atomic E-state index is 0.0611. The van der Waals surface area contributed by atoms with Gasteiger partial charge in [-0.2, -0.15) is 0 Å². The van der Waals surface area contributed by atoms with Crippen LogP contribution in [-0.4, -0.2) is 37.2 Å². The molecule has 0 radical (unpaired) electrons. The molecule has 0 fully saturated rings. The van der Waals surface area contributed by atoms with Crippen molar-refractivity contribution in [3.8, 4) is 0 Å². The molecule has 0 aliphatic heterocycles. The molecule has 0 N–H and O–H groups in total. The molecule has 0 saturated heterocycles. The third-order valence-corrected chi connectivity index (χ3v) is 15.9. The summed E-state index contributed by atoms with van der Waals surface area (Å²) in [7, 11) is 0. The van der Waals surface area contributed by atoms with Gasteiger partial charge < -0.3 is 14.2 Å². The first-order valence-corrected chi connectivity index (χ1v) is 34.0. The van der Waals surface area contributed by atoms with Gasteiger partial charge in [0.05, 0.1) is 0 Å². The molecule has 0 saturated carbocycles. The zero-order valence-electron chi connectivity index (χ0n) is 50.7. The molecule has 0 rings (SSSR count). The minimum Gasteiger partial charge on any atom is -0.462 e. The fourth-order valence-electron chi connectivity index (χ4n) is 10.7. The summed E-state index contributed by atoms with van der Waals surface area (Å²) in [5.74, 6) is -0.832. The molecule has 0 heterocycles.